The van der Waals surface area contributed by atoms with Crippen molar-refractivity contribution in [3.63, 3.8) is 0 Å². The fourth-order valence-corrected chi connectivity index (χ4v) is 2.67. The van der Waals surface area contributed by atoms with E-state index < -0.39 is 0 Å². The summed E-state index contributed by atoms with van der Waals surface area (Å²) in [5.74, 6) is 0.00432. The highest BCUT2D eigenvalue weighted by Crippen LogP contribution is 2.34. The van der Waals surface area contributed by atoms with Crippen LogP contribution in [-0.2, 0) is 0 Å². The molecule has 104 valence electrons. The highest BCUT2D eigenvalue weighted by molar-refractivity contribution is 6.30. The number of hydrogen-bond donors (Lipinski definition) is 1. The highest BCUT2D eigenvalue weighted by Gasteiger charge is 2.20. The Balaban J connectivity index is 2.17. The lowest BCUT2D eigenvalue weighted by Crippen LogP contribution is -2.08. The normalized spacial score (nSPS) is 10.8. The number of nitrogen functional groups attached to an aromatic ring is 1. The third kappa shape index (κ3) is 2.91. The highest BCUT2D eigenvalue weighted by atomic mass is 35.5. The summed E-state index contributed by atoms with van der Waals surface area (Å²) in [5.41, 5.74) is 9.91. The van der Waals surface area contributed by atoms with E-state index in [0.29, 0.717) is 10.7 Å². The molecule has 2 aromatic carbocycles. The van der Waals surface area contributed by atoms with Crippen LogP contribution in [0.15, 0.2) is 72.9 Å². The van der Waals surface area contributed by atoms with Crippen LogP contribution in [0.4, 0.5) is 5.69 Å². The van der Waals surface area contributed by atoms with Gasteiger partial charge in [-0.1, -0.05) is 72.3 Å². The molecule has 1 heterocycles. The number of halogens is 1. The Labute approximate surface area is 129 Å². The first-order valence-electron chi connectivity index (χ1n) is 6.76. The predicted molar refractivity (Wildman–Crippen MR) is 87.5 cm³/mol. The smallest absolute Gasteiger partial charge is 0.0752 e. The van der Waals surface area contributed by atoms with Crippen molar-refractivity contribution >= 4 is 17.3 Å². The molecule has 3 heteroatoms. The maximum Gasteiger partial charge on any atom is 0.0752 e. The van der Waals surface area contributed by atoms with Gasteiger partial charge in [0, 0.05) is 6.20 Å². The molecule has 2 nitrogen and oxygen atoms in total. The van der Waals surface area contributed by atoms with E-state index in [1.165, 1.54) is 0 Å². The topological polar surface area (TPSA) is 38.9 Å². The van der Waals surface area contributed by atoms with Crippen LogP contribution in [0.1, 0.15) is 22.7 Å². The van der Waals surface area contributed by atoms with Crippen LogP contribution in [0.5, 0.6) is 0 Å². The first-order valence-corrected chi connectivity index (χ1v) is 7.14. The Kier molecular flexibility index (Phi) is 3.89. The van der Waals surface area contributed by atoms with Crippen molar-refractivity contribution in [2.45, 2.75) is 5.92 Å². The van der Waals surface area contributed by atoms with Gasteiger partial charge in [0.1, 0.15) is 0 Å². The Morgan fingerprint density at radius 2 is 1.38 bits per heavy atom. The Morgan fingerprint density at radius 1 is 0.857 bits per heavy atom. The summed E-state index contributed by atoms with van der Waals surface area (Å²) in [4.78, 5) is 4.47. The fourth-order valence-electron chi connectivity index (χ4n) is 2.51. The average molecular weight is 295 g/mol. The lowest BCUT2D eigenvalue weighted by Gasteiger charge is -2.19. The van der Waals surface area contributed by atoms with E-state index in [4.69, 9.17) is 17.3 Å². The molecule has 0 fully saturated rings. The van der Waals surface area contributed by atoms with E-state index in [-0.39, 0.29) is 5.92 Å². The molecule has 0 saturated carbocycles. The minimum absolute atomic E-state index is 0.00432. The number of pyridine rings is 1. The molecule has 0 saturated heterocycles. The van der Waals surface area contributed by atoms with Crippen molar-refractivity contribution in [3.05, 3.63) is 94.8 Å². The molecule has 0 spiro atoms. The molecule has 3 aromatic rings. The summed E-state index contributed by atoms with van der Waals surface area (Å²) in [7, 11) is 0. The van der Waals surface area contributed by atoms with Gasteiger partial charge in [-0.15, -0.1) is 0 Å². The zero-order valence-electron chi connectivity index (χ0n) is 11.4. The molecular weight excluding hydrogens is 280 g/mol. The van der Waals surface area contributed by atoms with Crippen molar-refractivity contribution in [2.24, 2.45) is 0 Å². The first-order chi connectivity index (χ1) is 10.3. The van der Waals surface area contributed by atoms with E-state index in [1.807, 2.05) is 36.4 Å². The van der Waals surface area contributed by atoms with Gasteiger partial charge in [-0.05, 0) is 17.2 Å². The van der Waals surface area contributed by atoms with Gasteiger partial charge in [0.25, 0.3) is 0 Å². The second-order valence-electron chi connectivity index (χ2n) is 4.88. The molecule has 0 bridgehead atoms. The molecule has 3 rings (SSSR count). The molecule has 0 aliphatic carbocycles. The van der Waals surface area contributed by atoms with Crippen molar-refractivity contribution in [3.8, 4) is 0 Å². The Bertz CT molecular complexity index is 687. The largest absolute Gasteiger partial charge is 0.397 e. The maximum atomic E-state index is 6.15. The SMILES string of the molecule is Nc1cc(Cl)cnc1C(c1ccccc1)c1ccccc1. The second-order valence-corrected chi connectivity index (χ2v) is 5.32. The number of benzene rings is 2. The lowest BCUT2D eigenvalue weighted by molar-refractivity contribution is 0.923. The van der Waals surface area contributed by atoms with Crippen molar-refractivity contribution in [1.82, 2.24) is 4.98 Å². The minimum atomic E-state index is 0.00432. The van der Waals surface area contributed by atoms with Gasteiger partial charge in [0.15, 0.2) is 0 Å². The van der Waals surface area contributed by atoms with Crippen LogP contribution in [0, 0.1) is 0 Å². The van der Waals surface area contributed by atoms with E-state index in [9.17, 15) is 0 Å². The number of nitrogens with two attached hydrogens (primary N) is 1. The van der Waals surface area contributed by atoms with Crippen LogP contribution in [-0.4, -0.2) is 4.98 Å². The van der Waals surface area contributed by atoms with Crippen molar-refractivity contribution in [1.29, 1.82) is 0 Å². The Hall–Kier alpha value is -2.32. The minimum Gasteiger partial charge on any atom is -0.397 e. The van der Waals surface area contributed by atoms with Gasteiger partial charge in [-0.2, -0.15) is 0 Å². The maximum absolute atomic E-state index is 6.15. The molecule has 0 radical (unpaired) electrons. The zero-order chi connectivity index (χ0) is 14.7. The summed E-state index contributed by atoms with van der Waals surface area (Å²) in [6.45, 7) is 0. The first kappa shape index (κ1) is 13.7. The number of anilines is 1. The predicted octanol–water partition coefficient (Wildman–Crippen LogP) is 4.50. The molecule has 0 aliphatic heterocycles. The molecule has 0 unspecified atom stereocenters. The Morgan fingerprint density at radius 3 is 1.86 bits per heavy atom. The molecular formula is C18H15ClN2. The average Bonchev–Trinajstić information content (AvgIpc) is 2.52. The van der Waals surface area contributed by atoms with E-state index >= 15 is 0 Å². The summed E-state index contributed by atoms with van der Waals surface area (Å²) in [6.07, 6.45) is 1.64. The standard InChI is InChI=1S/C18H15ClN2/c19-15-11-16(20)18(21-12-15)17(13-7-3-1-4-8-13)14-9-5-2-6-10-14/h1-12,17H,20H2. The van der Waals surface area contributed by atoms with E-state index in [2.05, 4.69) is 29.2 Å². The summed E-state index contributed by atoms with van der Waals surface area (Å²) >= 11 is 5.97. The van der Waals surface area contributed by atoms with Gasteiger partial charge >= 0.3 is 0 Å². The second kappa shape index (κ2) is 5.98. The van der Waals surface area contributed by atoms with Crippen LogP contribution in [0.2, 0.25) is 5.02 Å². The van der Waals surface area contributed by atoms with Crippen LogP contribution >= 0.6 is 11.6 Å². The number of aromatic nitrogens is 1. The summed E-state index contributed by atoms with van der Waals surface area (Å²) in [6, 6.07) is 22.2. The summed E-state index contributed by atoms with van der Waals surface area (Å²) < 4.78 is 0. The molecule has 0 atom stereocenters. The van der Waals surface area contributed by atoms with Crippen LogP contribution in [0.25, 0.3) is 0 Å². The van der Waals surface area contributed by atoms with Gasteiger partial charge < -0.3 is 5.73 Å². The van der Waals surface area contributed by atoms with Crippen molar-refractivity contribution < 1.29 is 0 Å². The van der Waals surface area contributed by atoms with Crippen LogP contribution < -0.4 is 5.73 Å². The zero-order valence-corrected chi connectivity index (χ0v) is 12.2. The molecule has 0 aliphatic rings. The van der Waals surface area contributed by atoms with Gasteiger partial charge in [-0.25, -0.2) is 0 Å². The molecule has 1 aromatic heterocycles. The lowest BCUT2D eigenvalue weighted by atomic mass is 9.87. The number of nitrogens with zero attached hydrogens (tertiary/aromatic N) is 1. The van der Waals surface area contributed by atoms with Crippen molar-refractivity contribution in [2.75, 3.05) is 5.73 Å². The third-order valence-electron chi connectivity index (χ3n) is 3.46. The number of hydrogen-bond acceptors (Lipinski definition) is 2. The van der Waals surface area contributed by atoms with Gasteiger partial charge in [0.2, 0.25) is 0 Å². The molecule has 0 amide bonds. The monoisotopic (exact) mass is 294 g/mol. The quantitative estimate of drug-likeness (QED) is 0.772. The van der Waals surface area contributed by atoms with Gasteiger partial charge in [0.05, 0.1) is 22.3 Å². The molecule has 21 heavy (non-hydrogen) atoms. The van der Waals surface area contributed by atoms with Crippen LogP contribution in [0.3, 0.4) is 0 Å². The van der Waals surface area contributed by atoms with E-state index in [0.717, 1.165) is 16.8 Å². The molecule has 2 N–H and O–H groups in total. The van der Waals surface area contributed by atoms with E-state index in [1.54, 1.807) is 12.3 Å². The fraction of sp³-hybridized carbons (Fsp3) is 0.0556. The third-order valence-corrected chi connectivity index (χ3v) is 3.66. The van der Waals surface area contributed by atoms with Gasteiger partial charge in [-0.3, -0.25) is 4.98 Å². The number of rotatable bonds is 3. The summed E-state index contributed by atoms with van der Waals surface area (Å²) in [5, 5.41) is 0.552.